The van der Waals surface area contributed by atoms with Crippen molar-refractivity contribution in [3.63, 3.8) is 0 Å². The Morgan fingerprint density at radius 1 is 1.08 bits per heavy atom. The van der Waals surface area contributed by atoms with E-state index in [9.17, 15) is 0 Å². The SMILES string of the molecule is CCCC1CCCC1CNC1CC1. The van der Waals surface area contributed by atoms with E-state index < -0.39 is 0 Å². The molecule has 76 valence electrons. The van der Waals surface area contributed by atoms with E-state index in [2.05, 4.69) is 12.2 Å². The van der Waals surface area contributed by atoms with Gasteiger partial charge in [0.1, 0.15) is 0 Å². The molecule has 0 bridgehead atoms. The van der Waals surface area contributed by atoms with Crippen molar-refractivity contribution in [3.8, 4) is 0 Å². The van der Waals surface area contributed by atoms with Crippen LogP contribution in [0, 0.1) is 11.8 Å². The van der Waals surface area contributed by atoms with Crippen LogP contribution in [0.3, 0.4) is 0 Å². The zero-order chi connectivity index (χ0) is 9.10. The van der Waals surface area contributed by atoms with Crippen LogP contribution in [0.25, 0.3) is 0 Å². The van der Waals surface area contributed by atoms with Gasteiger partial charge in [0.05, 0.1) is 0 Å². The zero-order valence-corrected chi connectivity index (χ0v) is 8.89. The molecule has 0 heterocycles. The second kappa shape index (κ2) is 4.45. The highest BCUT2D eigenvalue weighted by atomic mass is 14.9. The molecule has 2 atom stereocenters. The lowest BCUT2D eigenvalue weighted by atomic mass is 9.92. The molecule has 2 saturated carbocycles. The minimum atomic E-state index is 0.905. The van der Waals surface area contributed by atoms with Gasteiger partial charge in [-0.25, -0.2) is 0 Å². The molecule has 2 aliphatic carbocycles. The van der Waals surface area contributed by atoms with E-state index in [1.54, 1.807) is 0 Å². The van der Waals surface area contributed by atoms with Crippen LogP contribution < -0.4 is 5.32 Å². The molecule has 2 unspecified atom stereocenters. The highest BCUT2D eigenvalue weighted by Crippen LogP contribution is 2.35. The predicted molar refractivity (Wildman–Crippen MR) is 56.8 cm³/mol. The third-order valence-corrected chi connectivity index (χ3v) is 3.72. The van der Waals surface area contributed by atoms with Gasteiger partial charge in [-0.05, 0) is 37.6 Å². The molecular formula is C12H23N. The first-order chi connectivity index (χ1) is 6.40. The summed E-state index contributed by atoms with van der Waals surface area (Å²) in [6, 6.07) is 0.905. The van der Waals surface area contributed by atoms with Gasteiger partial charge in [0.15, 0.2) is 0 Å². The molecule has 1 nitrogen and oxygen atoms in total. The van der Waals surface area contributed by atoms with Gasteiger partial charge in [-0.3, -0.25) is 0 Å². The number of nitrogens with one attached hydrogen (secondary N) is 1. The lowest BCUT2D eigenvalue weighted by molar-refractivity contribution is 0.344. The molecule has 2 aliphatic rings. The average molecular weight is 181 g/mol. The van der Waals surface area contributed by atoms with Gasteiger partial charge in [-0.2, -0.15) is 0 Å². The number of hydrogen-bond donors (Lipinski definition) is 1. The first-order valence-corrected chi connectivity index (χ1v) is 6.13. The quantitative estimate of drug-likeness (QED) is 0.687. The molecule has 2 fully saturated rings. The summed E-state index contributed by atoms with van der Waals surface area (Å²) in [6.45, 7) is 3.64. The first kappa shape index (κ1) is 9.51. The van der Waals surface area contributed by atoms with Crippen LogP contribution in [-0.2, 0) is 0 Å². The van der Waals surface area contributed by atoms with Crippen LogP contribution in [0.15, 0.2) is 0 Å². The van der Waals surface area contributed by atoms with Crippen molar-refractivity contribution in [3.05, 3.63) is 0 Å². The van der Waals surface area contributed by atoms with Crippen molar-refractivity contribution in [1.82, 2.24) is 5.32 Å². The summed E-state index contributed by atoms with van der Waals surface area (Å²) in [7, 11) is 0. The molecule has 0 aromatic carbocycles. The Morgan fingerprint density at radius 2 is 1.85 bits per heavy atom. The molecular weight excluding hydrogens is 158 g/mol. The summed E-state index contributed by atoms with van der Waals surface area (Å²) in [5.41, 5.74) is 0. The average Bonchev–Trinajstić information content (AvgIpc) is 2.86. The van der Waals surface area contributed by atoms with Crippen LogP contribution in [0.5, 0.6) is 0 Å². The topological polar surface area (TPSA) is 12.0 Å². The normalized spacial score (nSPS) is 33.9. The van der Waals surface area contributed by atoms with E-state index >= 15 is 0 Å². The third-order valence-electron chi connectivity index (χ3n) is 3.72. The Balaban J connectivity index is 1.68. The minimum Gasteiger partial charge on any atom is -0.314 e. The van der Waals surface area contributed by atoms with Crippen LogP contribution >= 0.6 is 0 Å². The molecule has 0 aromatic rings. The van der Waals surface area contributed by atoms with Gasteiger partial charge < -0.3 is 5.32 Å². The Kier molecular flexibility index (Phi) is 3.26. The van der Waals surface area contributed by atoms with Crippen molar-refractivity contribution >= 4 is 0 Å². The monoisotopic (exact) mass is 181 g/mol. The van der Waals surface area contributed by atoms with E-state index in [-0.39, 0.29) is 0 Å². The molecule has 1 heteroatoms. The highest BCUT2D eigenvalue weighted by Gasteiger charge is 2.28. The summed E-state index contributed by atoms with van der Waals surface area (Å²) in [6.07, 6.45) is 10.2. The molecule has 0 saturated heterocycles. The summed E-state index contributed by atoms with van der Waals surface area (Å²) < 4.78 is 0. The van der Waals surface area contributed by atoms with Crippen LogP contribution in [0.4, 0.5) is 0 Å². The predicted octanol–water partition coefficient (Wildman–Crippen LogP) is 2.95. The molecule has 0 amide bonds. The first-order valence-electron chi connectivity index (χ1n) is 6.13. The smallest absolute Gasteiger partial charge is 0.00683 e. The summed E-state index contributed by atoms with van der Waals surface area (Å²) in [5.74, 6) is 2.07. The molecule has 0 spiro atoms. The fraction of sp³-hybridized carbons (Fsp3) is 1.00. The van der Waals surface area contributed by atoms with Crippen LogP contribution in [0.1, 0.15) is 51.9 Å². The Morgan fingerprint density at radius 3 is 2.54 bits per heavy atom. The van der Waals surface area contributed by atoms with Gasteiger partial charge in [0.25, 0.3) is 0 Å². The fourth-order valence-electron chi connectivity index (χ4n) is 2.74. The zero-order valence-electron chi connectivity index (χ0n) is 8.89. The molecule has 0 aliphatic heterocycles. The molecule has 0 aromatic heterocycles. The van der Waals surface area contributed by atoms with Crippen molar-refractivity contribution in [2.75, 3.05) is 6.54 Å². The number of hydrogen-bond acceptors (Lipinski definition) is 1. The van der Waals surface area contributed by atoms with E-state index in [4.69, 9.17) is 0 Å². The minimum absolute atomic E-state index is 0.905. The molecule has 1 N–H and O–H groups in total. The molecule has 13 heavy (non-hydrogen) atoms. The van der Waals surface area contributed by atoms with E-state index in [0.717, 1.165) is 17.9 Å². The standard InChI is InChI=1S/C12H23N/c1-2-4-10-5-3-6-11(10)9-13-12-7-8-12/h10-13H,2-9H2,1H3. The second-order valence-electron chi connectivity index (χ2n) is 4.92. The van der Waals surface area contributed by atoms with Gasteiger partial charge in [0.2, 0.25) is 0 Å². The summed E-state index contributed by atoms with van der Waals surface area (Å²) in [5, 5.41) is 3.69. The molecule has 2 rings (SSSR count). The summed E-state index contributed by atoms with van der Waals surface area (Å²) >= 11 is 0. The van der Waals surface area contributed by atoms with Crippen LogP contribution in [-0.4, -0.2) is 12.6 Å². The Labute approximate surface area is 82.3 Å². The van der Waals surface area contributed by atoms with Crippen molar-refractivity contribution in [2.45, 2.75) is 57.9 Å². The lowest BCUT2D eigenvalue weighted by Gasteiger charge is -2.19. The molecule has 0 radical (unpaired) electrons. The van der Waals surface area contributed by atoms with Gasteiger partial charge in [0, 0.05) is 6.04 Å². The maximum atomic E-state index is 3.69. The lowest BCUT2D eigenvalue weighted by Crippen LogP contribution is -2.26. The van der Waals surface area contributed by atoms with Crippen molar-refractivity contribution in [2.24, 2.45) is 11.8 Å². The van der Waals surface area contributed by atoms with E-state index in [0.29, 0.717) is 0 Å². The van der Waals surface area contributed by atoms with Crippen molar-refractivity contribution in [1.29, 1.82) is 0 Å². The second-order valence-corrected chi connectivity index (χ2v) is 4.92. The maximum absolute atomic E-state index is 3.69. The summed E-state index contributed by atoms with van der Waals surface area (Å²) in [4.78, 5) is 0. The van der Waals surface area contributed by atoms with Gasteiger partial charge in [-0.15, -0.1) is 0 Å². The largest absolute Gasteiger partial charge is 0.314 e. The number of rotatable bonds is 5. The van der Waals surface area contributed by atoms with Gasteiger partial charge in [-0.1, -0.05) is 32.6 Å². The Bertz CT molecular complexity index is 151. The highest BCUT2D eigenvalue weighted by molar-refractivity contribution is 4.85. The van der Waals surface area contributed by atoms with Gasteiger partial charge >= 0.3 is 0 Å². The van der Waals surface area contributed by atoms with Crippen LogP contribution in [0.2, 0.25) is 0 Å². The Hall–Kier alpha value is -0.0400. The van der Waals surface area contributed by atoms with E-state index in [1.807, 2.05) is 0 Å². The van der Waals surface area contributed by atoms with Crippen molar-refractivity contribution < 1.29 is 0 Å². The maximum Gasteiger partial charge on any atom is 0.00683 e. The van der Waals surface area contributed by atoms with E-state index in [1.165, 1.54) is 51.5 Å². The third kappa shape index (κ3) is 2.70. The fourth-order valence-corrected chi connectivity index (χ4v) is 2.74.